The standard InChI is InChI=1S/C25H26N2OS/c1-17-9-8-11-19(15-17)27-23(28)21-22(26-24(27)29-2)20-12-5-4-10-18(20)16-25(21)13-6-3-7-14-25/h4-5,8-12,15H,3,6-7,13-14,16H2,1-2H3. The number of rotatable bonds is 2. The van der Waals surface area contributed by atoms with E-state index in [1.165, 1.54) is 24.8 Å². The van der Waals surface area contributed by atoms with Crippen LogP contribution in [0.25, 0.3) is 16.9 Å². The van der Waals surface area contributed by atoms with Crippen molar-refractivity contribution < 1.29 is 0 Å². The van der Waals surface area contributed by atoms with Gasteiger partial charge in [0.1, 0.15) is 0 Å². The molecule has 0 atom stereocenters. The van der Waals surface area contributed by atoms with Crippen molar-refractivity contribution in [2.24, 2.45) is 0 Å². The second-order valence-corrected chi connectivity index (χ2v) is 9.25. The Morgan fingerprint density at radius 3 is 2.59 bits per heavy atom. The summed E-state index contributed by atoms with van der Waals surface area (Å²) in [6, 6.07) is 16.7. The lowest BCUT2D eigenvalue weighted by Crippen LogP contribution is -2.42. The molecule has 0 unspecified atom stereocenters. The van der Waals surface area contributed by atoms with Gasteiger partial charge in [-0.15, -0.1) is 0 Å². The molecule has 0 radical (unpaired) electrons. The normalized spacial score (nSPS) is 17.0. The summed E-state index contributed by atoms with van der Waals surface area (Å²) in [5, 5.41) is 0.766. The van der Waals surface area contributed by atoms with E-state index in [2.05, 4.69) is 43.3 Å². The molecule has 1 fully saturated rings. The van der Waals surface area contributed by atoms with Crippen LogP contribution in [0.3, 0.4) is 0 Å². The highest BCUT2D eigenvalue weighted by Crippen LogP contribution is 2.48. The summed E-state index contributed by atoms with van der Waals surface area (Å²) in [6.45, 7) is 2.07. The molecule has 2 aliphatic rings. The first-order valence-electron chi connectivity index (χ1n) is 10.5. The maximum Gasteiger partial charge on any atom is 0.263 e. The molecule has 3 aromatic rings. The Morgan fingerprint density at radius 2 is 1.83 bits per heavy atom. The van der Waals surface area contributed by atoms with Gasteiger partial charge in [-0.05, 0) is 55.7 Å². The molecule has 4 heteroatoms. The third-order valence-electron chi connectivity index (χ3n) is 6.64. The second-order valence-electron chi connectivity index (χ2n) is 8.48. The van der Waals surface area contributed by atoms with Crippen molar-refractivity contribution in [1.29, 1.82) is 0 Å². The molecular formula is C25H26N2OS. The molecular weight excluding hydrogens is 376 g/mol. The summed E-state index contributed by atoms with van der Waals surface area (Å²) < 4.78 is 1.85. The number of aryl methyl sites for hydroxylation is 1. The van der Waals surface area contributed by atoms with Gasteiger partial charge in [-0.2, -0.15) is 0 Å². The summed E-state index contributed by atoms with van der Waals surface area (Å²) in [6.07, 6.45) is 8.77. The molecule has 1 spiro atoms. The predicted molar refractivity (Wildman–Crippen MR) is 120 cm³/mol. The van der Waals surface area contributed by atoms with Crippen molar-refractivity contribution in [3.63, 3.8) is 0 Å². The Balaban J connectivity index is 1.85. The Kier molecular flexibility index (Phi) is 4.62. The smallest absolute Gasteiger partial charge is 0.263 e. The van der Waals surface area contributed by atoms with Crippen LogP contribution in [0.2, 0.25) is 0 Å². The number of nitrogens with zero attached hydrogens (tertiary/aromatic N) is 2. The molecule has 0 saturated heterocycles. The van der Waals surface area contributed by atoms with Gasteiger partial charge in [-0.3, -0.25) is 9.36 Å². The molecule has 2 aromatic carbocycles. The molecule has 1 heterocycles. The number of aromatic nitrogens is 2. The van der Waals surface area contributed by atoms with Gasteiger partial charge in [0.2, 0.25) is 0 Å². The Morgan fingerprint density at radius 1 is 1.03 bits per heavy atom. The number of hydrogen-bond donors (Lipinski definition) is 0. The van der Waals surface area contributed by atoms with Gasteiger partial charge in [0, 0.05) is 11.0 Å². The van der Waals surface area contributed by atoms with Crippen LogP contribution in [0, 0.1) is 6.92 Å². The minimum absolute atomic E-state index is 0.0749. The van der Waals surface area contributed by atoms with Crippen LogP contribution in [0.5, 0.6) is 0 Å². The van der Waals surface area contributed by atoms with Gasteiger partial charge in [-0.25, -0.2) is 4.98 Å². The van der Waals surface area contributed by atoms with Gasteiger partial charge >= 0.3 is 0 Å². The van der Waals surface area contributed by atoms with Crippen molar-refractivity contribution in [3.8, 4) is 16.9 Å². The summed E-state index contributed by atoms with van der Waals surface area (Å²) in [5.74, 6) is 0. The lowest BCUT2D eigenvalue weighted by molar-refractivity contribution is 0.283. The molecule has 0 aliphatic heterocycles. The number of hydrogen-bond acceptors (Lipinski definition) is 3. The zero-order chi connectivity index (χ0) is 20.0. The van der Waals surface area contributed by atoms with E-state index >= 15 is 0 Å². The molecule has 2 aliphatic carbocycles. The number of benzene rings is 2. The maximum absolute atomic E-state index is 14.1. The van der Waals surface area contributed by atoms with Gasteiger partial charge in [-0.1, -0.05) is 67.4 Å². The van der Waals surface area contributed by atoms with Crippen molar-refractivity contribution >= 4 is 11.8 Å². The van der Waals surface area contributed by atoms with Crippen LogP contribution >= 0.6 is 11.8 Å². The zero-order valence-electron chi connectivity index (χ0n) is 17.1. The molecule has 3 nitrogen and oxygen atoms in total. The lowest BCUT2D eigenvalue weighted by atomic mass is 9.62. The highest BCUT2D eigenvalue weighted by Gasteiger charge is 2.43. The van der Waals surface area contributed by atoms with Crippen molar-refractivity contribution in [2.75, 3.05) is 6.26 Å². The Bertz CT molecular complexity index is 1140. The minimum atomic E-state index is -0.0749. The van der Waals surface area contributed by atoms with E-state index in [1.54, 1.807) is 11.8 Å². The van der Waals surface area contributed by atoms with E-state index in [0.29, 0.717) is 0 Å². The summed E-state index contributed by atoms with van der Waals surface area (Å²) in [4.78, 5) is 19.2. The van der Waals surface area contributed by atoms with Gasteiger partial charge in [0.05, 0.1) is 16.9 Å². The zero-order valence-corrected chi connectivity index (χ0v) is 17.9. The molecule has 29 heavy (non-hydrogen) atoms. The third-order valence-corrected chi connectivity index (χ3v) is 7.28. The van der Waals surface area contributed by atoms with Crippen molar-refractivity contribution in [2.45, 2.75) is 56.0 Å². The average Bonchev–Trinajstić information content (AvgIpc) is 2.74. The first-order valence-corrected chi connectivity index (χ1v) is 11.7. The minimum Gasteiger partial charge on any atom is -0.268 e. The molecule has 0 bridgehead atoms. The topological polar surface area (TPSA) is 34.9 Å². The molecule has 0 amide bonds. The SMILES string of the molecule is CSc1nc2c(c(=O)n1-c1cccc(C)c1)C1(CCCCC1)Cc1ccccc1-2. The second kappa shape index (κ2) is 7.17. The van der Waals surface area contributed by atoms with Crippen LogP contribution in [-0.4, -0.2) is 15.8 Å². The monoisotopic (exact) mass is 402 g/mol. The quantitative estimate of drug-likeness (QED) is 0.408. The molecule has 1 aromatic heterocycles. The van der Waals surface area contributed by atoms with Crippen LogP contribution in [0.1, 0.15) is 48.8 Å². The van der Waals surface area contributed by atoms with E-state index in [9.17, 15) is 4.79 Å². The van der Waals surface area contributed by atoms with Gasteiger partial charge < -0.3 is 0 Å². The van der Waals surface area contributed by atoms with E-state index < -0.39 is 0 Å². The molecule has 5 rings (SSSR count). The van der Waals surface area contributed by atoms with Gasteiger partial charge in [0.25, 0.3) is 5.56 Å². The highest BCUT2D eigenvalue weighted by atomic mass is 32.2. The number of thioether (sulfide) groups is 1. The lowest BCUT2D eigenvalue weighted by Gasteiger charge is -2.42. The third kappa shape index (κ3) is 2.96. The first-order chi connectivity index (χ1) is 14.1. The van der Waals surface area contributed by atoms with Crippen LogP contribution in [0.4, 0.5) is 0 Å². The summed E-state index contributed by atoms with van der Waals surface area (Å²) in [5.41, 5.74) is 6.48. The Labute approximate surface area is 176 Å². The van der Waals surface area contributed by atoms with Crippen molar-refractivity contribution in [1.82, 2.24) is 9.55 Å². The van der Waals surface area contributed by atoms with E-state index in [1.807, 2.05) is 23.0 Å². The fourth-order valence-electron chi connectivity index (χ4n) is 5.32. The van der Waals surface area contributed by atoms with Crippen LogP contribution in [-0.2, 0) is 11.8 Å². The van der Waals surface area contributed by atoms with E-state index in [0.717, 1.165) is 52.5 Å². The molecule has 0 N–H and O–H groups in total. The molecule has 148 valence electrons. The fraction of sp³-hybridized carbons (Fsp3) is 0.360. The van der Waals surface area contributed by atoms with Crippen LogP contribution < -0.4 is 5.56 Å². The summed E-state index contributed by atoms with van der Waals surface area (Å²) >= 11 is 1.54. The maximum atomic E-state index is 14.1. The van der Waals surface area contributed by atoms with Crippen molar-refractivity contribution in [3.05, 3.63) is 75.6 Å². The largest absolute Gasteiger partial charge is 0.268 e. The van der Waals surface area contributed by atoms with Crippen LogP contribution in [0.15, 0.2) is 58.5 Å². The highest BCUT2D eigenvalue weighted by molar-refractivity contribution is 7.98. The first kappa shape index (κ1) is 18.7. The average molecular weight is 403 g/mol. The van der Waals surface area contributed by atoms with E-state index in [-0.39, 0.29) is 11.0 Å². The van der Waals surface area contributed by atoms with Gasteiger partial charge in [0.15, 0.2) is 5.16 Å². The summed E-state index contributed by atoms with van der Waals surface area (Å²) in [7, 11) is 0. The number of fused-ring (bicyclic) bond motifs is 4. The molecule has 1 saturated carbocycles. The van der Waals surface area contributed by atoms with E-state index in [4.69, 9.17) is 4.98 Å². The predicted octanol–water partition coefficient (Wildman–Crippen LogP) is 5.69. The fourth-order valence-corrected chi connectivity index (χ4v) is 5.87. The Hall–Kier alpha value is -2.33.